The molecule has 7 nitrogen and oxygen atoms in total. The zero-order valence-corrected chi connectivity index (χ0v) is 18.1. The van der Waals surface area contributed by atoms with Gasteiger partial charge in [-0.1, -0.05) is 42.1 Å². The van der Waals surface area contributed by atoms with E-state index in [1.807, 2.05) is 73.8 Å². The number of aromatic amines is 1. The first-order valence-corrected chi connectivity index (χ1v) is 11.0. The number of anilines is 1. The fourth-order valence-electron chi connectivity index (χ4n) is 2.82. The van der Waals surface area contributed by atoms with Crippen LogP contribution in [0, 0.1) is 13.8 Å². The standard InChI is InChI=1S/C21H20N6OS2/c1-13-12-29-21(22-13)30-17-10-8-16(9-11-17)24-20(28)25-18(15-6-4-3-5-7-15)19-23-14(2)26-27-19/h3-12,18H,1-2H3,(H,23,26,27)(H2,24,25,28). The van der Waals surface area contributed by atoms with Gasteiger partial charge in [0.1, 0.15) is 11.9 Å². The van der Waals surface area contributed by atoms with Crippen LogP contribution in [0.15, 0.2) is 69.2 Å². The molecule has 9 heteroatoms. The van der Waals surface area contributed by atoms with Crippen molar-refractivity contribution in [3.8, 4) is 0 Å². The minimum atomic E-state index is -0.459. The Kier molecular flexibility index (Phi) is 6.10. The van der Waals surface area contributed by atoms with Crippen LogP contribution in [0.4, 0.5) is 10.5 Å². The van der Waals surface area contributed by atoms with Crippen molar-refractivity contribution in [2.45, 2.75) is 29.1 Å². The summed E-state index contributed by atoms with van der Waals surface area (Å²) in [5, 5.41) is 14.9. The van der Waals surface area contributed by atoms with Gasteiger partial charge in [-0.2, -0.15) is 5.10 Å². The van der Waals surface area contributed by atoms with E-state index in [1.54, 1.807) is 23.1 Å². The van der Waals surface area contributed by atoms with Gasteiger partial charge < -0.3 is 10.6 Å². The van der Waals surface area contributed by atoms with Crippen molar-refractivity contribution < 1.29 is 4.79 Å². The van der Waals surface area contributed by atoms with E-state index in [0.717, 1.165) is 20.5 Å². The van der Waals surface area contributed by atoms with Crippen molar-refractivity contribution in [3.05, 3.63) is 82.9 Å². The number of amides is 2. The molecule has 3 N–H and O–H groups in total. The molecule has 0 aliphatic rings. The highest BCUT2D eigenvalue weighted by molar-refractivity contribution is 8.01. The second-order valence-electron chi connectivity index (χ2n) is 6.60. The van der Waals surface area contributed by atoms with Gasteiger partial charge in [0.15, 0.2) is 10.2 Å². The zero-order chi connectivity index (χ0) is 20.9. The SMILES string of the molecule is Cc1csc(Sc2ccc(NC(=O)NC(c3ccccc3)c3n[nH]c(C)n3)cc2)n1. The number of hydrogen-bond acceptors (Lipinski definition) is 6. The van der Waals surface area contributed by atoms with Crippen LogP contribution in [0.25, 0.3) is 0 Å². The summed E-state index contributed by atoms with van der Waals surface area (Å²) in [6.45, 7) is 3.81. The molecule has 152 valence electrons. The Balaban J connectivity index is 1.43. The molecule has 0 aliphatic heterocycles. The molecule has 0 spiro atoms. The second-order valence-corrected chi connectivity index (χ2v) is 8.78. The van der Waals surface area contributed by atoms with Crippen molar-refractivity contribution in [2.75, 3.05) is 5.32 Å². The van der Waals surface area contributed by atoms with Crippen molar-refractivity contribution in [3.63, 3.8) is 0 Å². The van der Waals surface area contributed by atoms with E-state index in [1.165, 1.54) is 0 Å². The highest BCUT2D eigenvalue weighted by atomic mass is 32.2. The first-order valence-electron chi connectivity index (χ1n) is 9.28. The van der Waals surface area contributed by atoms with Gasteiger partial charge in [0.2, 0.25) is 0 Å². The van der Waals surface area contributed by atoms with Crippen LogP contribution in [-0.4, -0.2) is 26.2 Å². The molecule has 0 saturated carbocycles. The van der Waals surface area contributed by atoms with Crippen molar-refractivity contribution >= 4 is 34.8 Å². The average Bonchev–Trinajstić information content (AvgIpc) is 3.36. The molecule has 4 aromatic rings. The van der Waals surface area contributed by atoms with Gasteiger partial charge in [-0.15, -0.1) is 11.3 Å². The maximum Gasteiger partial charge on any atom is 0.320 e. The maximum absolute atomic E-state index is 12.7. The molecule has 2 aromatic heterocycles. The van der Waals surface area contributed by atoms with Gasteiger partial charge in [0.05, 0.1) is 0 Å². The predicted octanol–water partition coefficient (Wildman–Crippen LogP) is 4.94. The lowest BCUT2D eigenvalue weighted by Gasteiger charge is -2.17. The number of aryl methyl sites for hydroxylation is 2. The molecular formula is C21H20N6OS2. The fourth-order valence-corrected chi connectivity index (χ4v) is 4.63. The fraction of sp³-hybridized carbons (Fsp3) is 0.143. The molecule has 0 fully saturated rings. The van der Waals surface area contributed by atoms with Crippen LogP contribution in [0.1, 0.15) is 28.9 Å². The summed E-state index contributed by atoms with van der Waals surface area (Å²) in [6, 6.07) is 16.5. The van der Waals surface area contributed by atoms with Gasteiger partial charge in [0.25, 0.3) is 0 Å². The monoisotopic (exact) mass is 436 g/mol. The highest BCUT2D eigenvalue weighted by Crippen LogP contribution is 2.30. The number of thiazole rings is 1. The number of urea groups is 1. The zero-order valence-electron chi connectivity index (χ0n) is 16.4. The Bertz CT molecular complexity index is 1120. The lowest BCUT2D eigenvalue weighted by Crippen LogP contribution is -2.33. The topological polar surface area (TPSA) is 95.6 Å². The van der Waals surface area contributed by atoms with Crippen molar-refractivity contribution in [1.29, 1.82) is 0 Å². The van der Waals surface area contributed by atoms with E-state index in [4.69, 9.17) is 0 Å². The molecule has 2 heterocycles. The van der Waals surface area contributed by atoms with E-state index in [2.05, 4.69) is 30.8 Å². The molecule has 4 rings (SSSR count). The molecular weight excluding hydrogens is 416 g/mol. The van der Waals surface area contributed by atoms with Gasteiger partial charge >= 0.3 is 6.03 Å². The first kappa shape index (κ1) is 20.1. The molecule has 0 bridgehead atoms. The molecule has 0 aliphatic carbocycles. The summed E-state index contributed by atoms with van der Waals surface area (Å²) in [4.78, 5) is 22.6. The van der Waals surface area contributed by atoms with Crippen LogP contribution in [0.2, 0.25) is 0 Å². The number of aromatic nitrogens is 4. The summed E-state index contributed by atoms with van der Waals surface area (Å²) < 4.78 is 0.999. The minimum absolute atomic E-state index is 0.331. The van der Waals surface area contributed by atoms with Crippen LogP contribution < -0.4 is 10.6 Å². The minimum Gasteiger partial charge on any atom is -0.324 e. The predicted molar refractivity (Wildman–Crippen MR) is 119 cm³/mol. The second kappa shape index (κ2) is 9.10. The van der Waals surface area contributed by atoms with Crippen molar-refractivity contribution in [2.24, 2.45) is 0 Å². The number of H-pyrrole nitrogens is 1. The first-order chi connectivity index (χ1) is 14.6. The molecule has 0 radical (unpaired) electrons. The Labute approximate surface area is 182 Å². The molecule has 30 heavy (non-hydrogen) atoms. The summed E-state index contributed by atoms with van der Waals surface area (Å²) in [5.41, 5.74) is 2.62. The Hall–Kier alpha value is -3.17. The van der Waals surface area contributed by atoms with E-state index in [-0.39, 0.29) is 6.03 Å². The molecule has 1 unspecified atom stereocenters. The van der Waals surface area contributed by atoms with Gasteiger partial charge in [-0.05, 0) is 43.7 Å². The normalized spacial score (nSPS) is 11.8. The van der Waals surface area contributed by atoms with Crippen LogP contribution in [0.5, 0.6) is 0 Å². The summed E-state index contributed by atoms with van der Waals surface area (Å²) in [7, 11) is 0. The number of rotatable bonds is 6. The average molecular weight is 437 g/mol. The number of carbonyl (C=O) groups excluding carboxylic acids is 1. The molecule has 0 saturated heterocycles. The third kappa shape index (κ3) is 5.05. The van der Waals surface area contributed by atoms with E-state index in [0.29, 0.717) is 17.3 Å². The number of carbonyl (C=O) groups is 1. The van der Waals surface area contributed by atoms with Gasteiger partial charge in [-0.25, -0.2) is 14.8 Å². The van der Waals surface area contributed by atoms with Gasteiger partial charge in [0, 0.05) is 21.7 Å². The number of nitrogens with zero attached hydrogens (tertiary/aromatic N) is 3. The number of hydrogen-bond donors (Lipinski definition) is 3. The number of benzene rings is 2. The Morgan fingerprint density at radius 3 is 2.47 bits per heavy atom. The van der Waals surface area contributed by atoms with Gasteiger partial charge in [-0.3, -0.25) is 5.10 Å². The summed E-state index contributed by atoms with van der Waals surface area (Å²) in [6.07, 6.45) is 0. The molecule has 1 atom stereocenters. The maximum atomic E-state index is 12.7. The van der Waals surface area contributed by atoms with Crippen molar-refractivity contribution in [1.82, 2.24) is 25.5 Å². The van der Waals surface area contributed by atoms with E-state index < -0.39 is 6.04 Å². The molecule has 2 aromatic carbocycles. The highest BCUT2D eigenvalue weighted by Gasteiger charge is 2.20. The lowest BCUT2D eigenvalue weighted by molar-refractivity contribution is 0.249. The summed E-state index contributed by atoms with van der Waals surface area (Å²) >= 11 is 3.22. The van der Waals surface area contributed by atoms with Crippen LogP contribution in [-0.2, 0) is 0 Å². The quantitative estimate of drug-likeness (QED) is 0.398. The summed E-state index contributed by atoms with van der Waals surface area (Å²) in [5.74, 6) is 1.20. The third-order valence-corrected chi connectivity index (χ3v) is 6.26. The number of nitrogens with one attached hydrogen (secondary N) is 3. The van der Waals surface area contributed by atoms with E-state index in [9.17, 15) is 4.79 Å². The lowest BCUT2D eigenvalue weighted by atomic mass is 10.1. The Morgan fingerprint density at radius 2 is 1.83 bits per heavy atom. The molecule has 2 amide bonds. The van der Waals surface area contributed by atoms with Crippen LogP contribution >= 0.6 is 23.1 Å². The van der Waals surface area contributed by atoms with E-state index >= 15 is 0 Å². The Morgan fingerprint density at radius 1 is 1.07 bits per heavy atom. The largest absolute Gasteiger partial charge is 0.324 e. The third-order valence-electron chi connectivity index (χ3n) is 4.20. The van der Waals surface area contributed by atoms with Crippen LogP contribution in [0.3, 0.4) is 0 Å². The smallest absolute Gasteiger partial charge is 0.320 e.